The van der Waals surface area contributed by atoms with Crippen molar-refractivity contribution in [2.75, 3.05) is 7.11 Å². The largest absolute Gasteiger partial charge is 0.449 e. The van der Waals surface area contributed by atoms with Crippen LogP contribution in [-0.2, 0) is 11.0 Å². The summed E-state index contributed by atoms with van der Waals surface area (Å²) in [5.74, 6) is -0.166. The Bertz CT molecular complexity index is 2130. The van der Waals surface area contributed by atoms with E-state index >= 15 is 0 Å². The highest BCUT2D eigenvalue weighted by atomic mass is 32.1. The summed E-state index contributed by atoms with van der Waals surface area (Å²) in [6, 6.07) is 1.98. The second kappa shape index (κ2) is 25.2. The number of aromatic nitrogens is 10. The predicted molar refractivity (Wildman–Crippen MR) is 195 cm³/mol. The molecule has 7 aromatic rings. The molecule has 0 unspecified atom stereocenters. The maximum Gasteiger partial charge on any atom is 0.449 e. The van der Waals surface area contributed by atoms with Crippen molar-refractivity contribution >= 4 is 63.7 Å². The Balaban J connectivity index is 0.000000678. The van der Waals surface area contributed by atoms with Gasteiger partial charge in [0.25, 0.3) is 0 Å². The lowest BCUT2D eigenvalue weighted by Crippen LogP contribution is -2.18. The van der Waals surface area contributed by atoms with E-state index in [9.17, 15) is 40.7 Å². The molecule has 0 bridgehead atoms. The van der Waals surface area contributed by atoms with E-state index in [1.807, 2.05) is 6.07 Å². The lowest BCUT2D eigenvalue weighted by atomic mass is 10.5. The van der Waals surface area contributed by atoms with Gasteiger partial charge in [0, 0.05) is 38.8 Å². The molecule has 7 aromatic heterocycles. The number of carbonyl (C=O) groups is 3. The second-order valence-corrected chi connectivity index (χ2v) is 12.5. The Morgan fingerprint density at radius 3 is 1.43 bits per heavy atom. The smallest absolute Gasteiger partial charge is 0.412 e. The normalized spacial score (nSPS) is 9.79. The first-order valence-corrected chi connectivity index (χ1v) is 17.4. The molecule has 0 aliphatic carbocycles. The molecule has 56 heavy (non-hydrogen) atoms. The zero-order valence-electron chi connectivity index (χ0n) is 28.4. The van der Waals surface area contributed by atoms with Gasteiger partial charge in [0.2, 0.25) is 5.78 Å². The predicted octanol–water partition coefficient (Wildman–Crippen LogP) is 6.34. The fraction of sp³-hybridized carbons (Fsp3) is 0.138. The lowest BCUT2D eigenvalue weighted by Gasteiger charge is -2.00. The van der Waals surface area contributed by atoms with Crippen LogP contribution in [-0.4, -0.2) is 92.1 Å². The van der Waals surface area contributed by atoms with E-state index in [-0.39, 0.29) is 17.5 Å². The monoisotopic (exact) mass is 866 g/mol. The van der Waals surface area contributed by atoms with Crippen LogP contribution in [0.3, 0.4) is 0 Å². The molecular weight excluding hydrogens is 839 g/mol. The first-order valence-electron chi connectivity index (χ1n) is 13.8. The molecule has 0 radical (unpaired) electrons. The molecule has 7 rings (SSSR count). The van der Waals surface area contributed by atoms with Crippen molar-refractivity contribution in [1.29, 1.82) is 5.26 Å². The van der Waals surface area contributed by atoms with Crippen molar-refractivity contribution in [2.45, 2.75) is 19.3 Å². The minimum atomic E-state index is -4.64. The number of aldehydes is 2. The van der Waals surface area contributed by atoms with E-state index in [0.717, 1.165) is 35.6 Å². The van der Waals surface area contributed by atoms with E-state index in [1.165, 1.54) is 75.6 Å². The van der Waals surface area contributed by atoms with Gasteiger partial charge in [-0.05, 0) is 0 Å². The number of carbonyl (C=O) groups excluding carboxylic acids is 3. The van der Waals surface area contributed by atoms with Gasteiger partial charge in [0.1, 0.15) is 34.9 Å². The summed E-state index contributed by atoms with van der Waals surface area (Å²) in [5.41, 5.74) is 6.72. The van der Waals surface area contributed by atoms with E-state index in [1.54, 1.807) is 28.9 Å². The van der Waals surface area contributed by atoms with Gasteiger partial charge in [-0.15, -0.1) is 45.3 Å². The third-order valence-electron chi connectivity index (χ3n) is 5.26. The number of nitriles is 1. The third kappa shape index (κ3) is 17.1. The van der Waals surface area contributed by atoms with Crippen molar-refractivity contribution < 1.29 is 51.3 Å². The highest BCUT2D eigenvalue weighted by molar-refractivity contribution is 7.13. The van der Waals surface area contributed by atoms with E-state index < -0.39 is 23.8 Å². The molecule has 0 spiro atoms. The fourth-order valence-corrected chi connectivity index (χ4v) is 5.03. The number of imidazole rings is 3. The van der Waals surface area contributed by atoms with Gasteiger partial charge in [-0.2, -0.15) is 31.6 Å². The summed E-state index contributed by atoms with van der Waals surface area (Å²) in [5, 5.41) is 15.5. The van der Waals surface area contributed by atoms with Crippen LogP contribution in [0.5, 0.6) is 0 Å². The summed E-state index contributed by atoms with van der Waals surface area (Å²) in [6.45, 7) is 0.486. The standard InChI is InChI=1S/C7H4F3N3S.C7H4N4S.C7H5N3OS.C4H3NOS.C3H3F3O.CH4O.H3N.H2O/c8-7(9,10)5-2-12-6(13-5)4-1-11-3-14-4;8-1-5-2-10-7(11-5)6-3-9-4-12-6;11-3-5-1-9-7(10-5)6-2-8-4-12-6;6-2-4-1-5-3-7-4;1-2(7)3(4,5)6;1-2;;/h1-3H,(H,12,13);2-4H,(H,10,11);1-4H,(H,9,10);1-3H;1H3;2H,1H3;1H3;1H2. The topological polar surface area (TPSA) is 299 Å². The molecule has 17 nitrogen and oxygen atoms in total. The van der Waals surface area contributed by atoms with Crippen LogP contribution in [0.4, 0.5) is 26.3 Å². The Morgan fingerprint density at radius 2 is 1.12 bits per heavy atom. The van der Waals surface area contributed by atoms with Gasteiger partial charge >= 0.3 is 12.4 Å². The molecule has 0 atom stereocenters. The van der Waals surface area contributed by atoms with Gasteiger partial charge in [-0.25, -0.2) is 15.0 Å². The molecule has 27 heteroatoms. The SMILES string of the molecule is CC(=O)C(F)(F)F.CO.FC(F)(F)c1cnc(-c2cncs2)[nH]1.N.N#Cc1cnc(-c2cncs2)[nH]1.O.O=Cc1cnc(-c2cncs2)[nH]1.O=Cc1cncs1. The highest BCUT2D eigenvalue weighted by Crippen LogP contribution is 2.30. The number of Topliss-reactive ketones (excluding diaryl/α,β-unsaturated/α-hetero) is 1. The van der Waals surface area contributed by atoms with Gasteiger partial charge in [0.05, 0.1) is 65.8 Å². The average Bonchev–Trinajstić information content (AvgIpc) is 4.02. The zero-order chi connectivity index (χ0) is 40.1. The van der Waals surface area contributed by atoms with Gasteiger partial charge in [0.15, 0.2) is 12.6 Å². The van der Waals surface area contributed by atoms with Crippen LogP contribution in [0.15, 0.2) is 65.4 Å². The number of alkyl halides is 6. The van der Waals surface area contributed by atoms with Crippen LogP contribution in [0.2, 0.25) is 0 Å². The van der Waals surface area contributed by atoms with Crippen LogP contribution in [0, 0.1) is 11.3 Å². The number of aliphatic hydroxyl groups is 1. The zero-order valence-corrected chi connectivity index (χ0v) is 31.6. The maximum atomic E-state index is 12.2. The minimum absolute atomic E-state index is 0. The summed E-state index contributed by atoms with van der Waals surface area (Å²) in [7, 11) is 1.00. The van der Waals surface area contributed by atoms with Crippen LogP contribution >= 0.6 is 45.3 Å². The van der Waals surface area contributed by atoms with E-state index in [0.29, 0.717) is 39.7 Å². The van der Waals surface area contributed by atoms with E-state index in [4.69, 9.17) is 10.4 Å². The molecule has 300 valence electrons. The van der Waals surface area contributed by atoms with Crippen molar-refractivity contribution in [3.63, 3.8) is 0 Å². The summed E-state index contributed by atoms with van der Waals surface area (Å²) in [6.07, 6.45) is 2.71. The summed E-state index contributed by atoms with van der Waals surface area (Å²) in [4.78, 5) is 67.4. The van der Waals surface area contributed by atoms with Crippen LogP contribution < -0.4 is 6.15 Å². The first kappa shape index (κ1) is 50.1. The summed E-state index contributed by atoms with van der Waals surface area (Å²) >= 11 is 5.54. The molecule has 0 fully saturated rings. The van der Waals surface area contributed by atoms with Gasteiger partial charge in [-0.1, -0.05) is 0 Å². The third-order valence-corrected chi connectivity index (χ3v) is 8.30. The molecule has 0 amide bonds. The number of nitrogens with zero attached hydrogens (tertiary/aromatic N) is 8. The number of aliphatic hydroxyl groups excluding tert-OH is 1. The molecule has 0 aliphatic heterocycles. The summed E-state index contributed by atoms with van der Waals surface area (Å²) < 4.78 is 69.0. The fourth-order valence-electron chi connectivity index (χ4n) is 2.90. The Labute approximate surface area is 327 Å². The van der Waals surface area contributed by atoms with E-state index in [2.05, 4.69) is 49.8 Å². The number of nitrogens with one attached hydrogen (secondary N) is 3. The molecule has 9 N–H and O–H groups in total. The van der Waals surface area contributed by atoms with Crippen molar-refractivity contribution in [3.05, 3.63) is 87.4 Å². The number of hydrogen-bond donors (Lipinski definition) is 5. The molecule has 0 saturated carbocycles. The number of thiazole rings is 4. The molecule has 0 aliphatic rings. The maximum absolute atomic E-state index is 12.2. The van der Waals surface area contributed by atoms with Crippen molar-refractivity contribution in [1.82, 2.24) is 56.0 Å². The number of H-pyrrole nitrogens is 3. The number of aromatic amines is 3. The number of halogens is 6. The molecule has 0 aromatic carbocycles. The molecule has 0 saturated heterocycles. The highest BCUT2D eigenvalue weighted by Gasteiger charge is 2.34. The Hall–Kier alpha value is -5.89. The number of hydrogen-bond acceptors (Lipinski definition) is 17. The van der Waals surface area contributed by atoms with Crippen molar-refractivity contribution in [2.24, 2.45) is 0 Å². The molecular formula is C29H28F6N12O5S4. The first-order chi connectivity index (χ1) is 25.7. The molecule has 7 heterocycles. The Kier molecular flexibility index (Phi) is 22.6. The Morgan fingerprint density at radius 1 is 0.696 bits per heavy atom. The number of ketones is 1. The van der Waals surface area contributed by atoms with Gasteiger partial charge < -0.3 is 31.7 Å². The second-order valence-electron chi connectivity index (χ2n) is 8.88. The van der Waals surface area contributed by atoms with Crippen LogP contribution in [0.1, 0.15) is 38.5 Å². The average molecular weight is 867 g/mol. The quantitative estimate of drug-likeness (QED) is 0.0933. The van der Waals surface area contributed by atoms with Gasteiger partial charge in [-0.3, -0.25) is 34.3 Å². The van der Waals surface area contributed by atoms with Crippen molar-refractivity contribution in [3.8, 4) is 38.2 Å². The van der Waals surface area contributed by atoms with Crippen LogP contribution in [0.25, 0.3) is 32.1 Å². The minimum Gasteiger partial charge on any atom is -0.412 e. The lowest BCUT2D eigenvalue weighted by molar-refractivity contribution is -0.168. The number of rotatable bonds is 5.